The maximum Gasteiger partial charge on any atom is 0.317 e. The summed E-state index contributed by atoms with van der Waals surface area (Å²) >= 11 is 0. The molecule has 0 saturated carbocycles. The molecule has 0 aromatic carbocycles. The molecule has 0 amide bonds. The smallest absolute Gasteiger partial charge is 0.317 e. The van der Waals surface area contributed by atoms with Crippen LogP contribution in [0, 0.1) is 5.41 Å². The third-order valence-electron chi connectivity index (χ3n) is 3.79. The number of carbonyl (C=O) groups is 1. The molecule has 0 spiro atoms. The van der Waals surface area contributed by atoms with E-state index in [0.717, 1.165) is 5.57 Å². The molecule has 0 bridgehead atoms. The van der Waals surface area contributed by atoms with Crippen molar-refractivity contribution in [3.63, 3.8) is 0 Å². The van der Waals surface area contributed by atoms with Crippen LogP contribution in [-0.4, -0.2) is 30.3 Å². The van der Waals surface area contributed by atoms with Gasteiger partial charge in [-0.15, -0.1) is 0 Å². The van der Waals surface area contributed by atoms with Crippen molar-refractivity contribution in [2.24, 2.45) is 5.41 Å². The van der Waals surface area contributed by atoms with Crippen molar-refractivity contribution < 1.29 is 22.5 Å². The first kappa shape index (κ1) is 16.9. The minimum Gasteiger partial charge on any atom is -0.465 e. The van der Waals surface area contributed by atoms with Crippen molar-refractivity contribution in [2.75, 3.05) is 6.61 Å². The van der Waals surface area contributed by atoms with Crippen LogP contribution in [-0.2, 0) is 19.6 Å². The topological polar surface area (TPSA) is 80.7 Å². The van der Waals surface area contributed by atoms with E-state index >= 15 is 0 Å². The minimum absolute atomic E-state index is 0.140. The Kier molecular flexibility index (Phi) is 4.82. The van der Waals surface area contributed by atoms with Gasteiger partial charge >= 0.3 is 5.97 Å². The Hall–Kier alpha value is -1.14. The molecule has 2 atom stereocenters. The fourth-order valence-corrected chi connectivity index (χ4v) is 4.15. The van der Waals surface area contributed by atoms with Crippen LogP contribution in [0.4, 0.5) is 0 Å². The fraction of sp³-hybridized carbons (Fsp3) is 0.643. The molecule has 2 unspecified atom stereocenters. The van der Waals surface area contributed by atoms with Gasteiger partial charge in [0, 0.05) is 0 Å². The quantitative estimate of drug-likeness (QED) is 0.623. The van der Waals surface area contributed by atoms with Crippen LogP contribution in [0.5, 0.6) is 0 Å². The summed E-state index contributed by atoms with van der Waals surface area (Å²) in [5.41, 5.74) is -0.679. The number of rotatable bonds is 5. The highest BCUT2D eigenvalue weighted by Crippen LogP contribution is 2.47. The molecule has 0 radical (unpaired) electrons. The highest BCUT2D eigenvalue weighted by molar-refractivity contribution is 7.87. The van der Waals surface area contributed by atoms with E-state index in [4.69, 9.17) is 4.74 Å². The molecule has 1 aliphatic rings. The zero-order chi connectivity index (χ0) is 15.6. The zero-order valence-electron chi connectivity index (χ0n) is 12.3. The van der Waals surface area contributed by atoms with Crippen molar-refractivity contribution in [3.8, 4) is 0 Å². The van der Waals surface area contributed by atoms with Gasteiger partial charge in [-0.05, 0) is 27.2 Å². The highest BCUT2D eigenvalue weighted by Gasteiger charge is 2.59. The molecule has 20 heavy (non-hydrogen) atoms. The number of esters is 1. The summed E-state index contributed by atoms with van der Waals surface area (Å²) in [6.45, 7) is 6.89. The largest absolute Gasteiger partial charge is 0.465 e. The van der Waals surface area contributed by atoms with Gasteiger partial charge in [-0.2, -0.15) is 8.42 Å². The minimum atomic E-state index is -4.48. The lowest BCUT2D eigenvalue weighted by Crippen LogP contribution is -2.55. The summed E-state index contributed by atoms with van der Waals surface area (Å²) in [6.07, 6.45) is 5.24. The first-order valence-electron chi connectivity index (χ1n) is 6.67. The van der Waals surface area contributed by atoms with Crippen LogP contribution in [0.15, 0.2) is 23.8 Å². The molecule has 0 fully saturated rings. The predicted octanol–water partition coefficient (Wildman–Crippen LogP) is 2.50. The lowest BCUT2D eigenvalue weighted by molar-refractivity contribution is -0.153. The second-order valence-electron chi connectivity index (χ2n) is 5.26. The molecule has 1 aliphatic carbocycles. The van der Waals surface area contributed by atoms with E-state index in [1.54, 1.807) is 32.9 Å². The Morgan fingerprint density at radius 3 is 2.45 bits per heavy atom. The normalized spacial score (nSPS) is 29.9. The van der Waals surface area contributed by atoms with Gasteiger partial charge in [0.25, 0.3) is 10.1 Å². The lowest BCUT2D eigenvalue weighted by Gasteiger charge is -2.42. The van der Waals surface area contributed by atoms with Gasteiger partial charge < -0.3 is 4.74 Å². The number of allylic oxidation sites excluding steroid dienone is 2. The summed E-state index contributed by atoms with van der Waals surface area (Å²) in [5, 5.41) is 0. The average molecular weight is 302 g/mol. The van der Waals surface area contributed by atoms with E-state index < -0.39 is 26.2 Å². The Balaban J connectivity index is 3.55. The van der Waals surface area contributed by atoms with Crippen molar-refractivity contribution in [1.82, 2.24) is 0 Å². The molecule has 114 valence electrons. The number of ether oxygens (including phenoxy) is 1. The van der Waals surface area contributed by atoms with E-state index in [1.165, 1.54) is 13.0 Å². The number of hydrogen-bond acceptors (Lipinski definition) is 4. The summed E-state index contributed by atoms with van der Waals surface area (Å²) < 4.78 is 37.1. The first-order valence-corrected chi connectivity index (χ1v) is 8.11. The second kappa shape index (κ2) is 5.69. The van der Waals surface area contributed by atoms with Crippen LogP contribution in [0.3, 0.4) is 0 Å². The van der Waals surface area contributed by atoms with E-state index in [-0.39, 0.29) is 13.0 Å². The molecule has 0 aliphatic heterocycles. The molecule has 0 aromatic heterocycles. The van der Waals surface area contributed by atoms with Crippen molar-refractivity contribution in [1.29, 1.82) is 0 Å². The average Bonchev–Trinajstić information content (AvgIpc) is 2.31. The van der Waals surface area contributed by atoms with Crippen molar-refractivity contribution >= 4 is 16.1 Å². The predicted molar refractivity (Wildman–Crippen MR) is 76.8 cm³/mol. The Morgan fingerprint density at radius 1 is 1.40 bits per heavy atom. The molecular formula is C14H22O5S. The Bertz CT molecular complexity index is 546. The Labute approximate surface area is 120 Å². The van der Waals surface area contributed by atoms with Crippen LogP contribution >= 0.6 is 0 Å². The molecule has 0 saturated heterocycles. The van der Waals surface area contributed by atoms with E-state index in [1.807, 2.05) is 0 Å². The zero-order valence-corrected chi connectivity index (χ0v) is 13.2. The van der Waals surface area contributed by atoms with E-state index in [9.17, 15) is 17.8 Å². The lowest BCUT2D eigenvalue weighted by atomic mass is 9.70. The molecule has 0 aromatic rings. The fourth-order valence-electron chi connectivity index (χ4n) is 2.77. The molecule has 5 nitrogen and oxygen atoms in total. The summed E-state index contributed by atoms with van der Waals surface area (Å²) in [7, 11) is -4.48. The van der Waals surface area contributed by atoms with Crippen LogP contribution in [0.2, 0.25) is 0 Å². The number of carbonyl (C=O) groups excluding carboxylic acids is 1. The maximum absolute atomic E-state index is 12.3. The summed E-state index contributed by atoms with van der Waals surface area (Å²) in [5.74, 6) is -0.644. The monoisotopic (exact) mass is 302 g/mol. The molecule has 1 N–H and O–H groups in total. The van der Waals surface area contributed by atoms with E-state index in [0.29, 0.717) is 6.42 Å². The molecule has 6 heteroatoms. The Morgan fingerprint density at radius 2 is 2.00 bits per heavy atom. The third kappa shape index (κ3) is 2.54. The van der Waals surface area contributed by atoms with Crippen LogP contribution < -0.4 is 0 Å². The first-order chi connectivity index (χ1) is 9.14. The van der Waals surface area contributed by atoms with E-state index in [2.05, 4.69) is 0 Å². The number of hydrogen-bond donors (Lipinski definition) is 1. The third-order valence-corrected chi connectivity index (χ3v) is 5.48. The van der Waals surface area contributed by atoms with Crippen molar-refractivity contribution in [2.45, 2.75) is 45.3 Å². The van der Waals surface area contributed by atoms with Gasteiger partial charge in [0.05, 0.1) is 6.61 Å². The van der Waals surface area contributed by atoms with Crippen LogP contribution in [0.1, 0.15) is 40.5 Å². The summed E-state index contributed by atoms with van der Waals surface area (Å²) in [4.78, 5) is 12.3. The molecule has 1 rings (SSSR count). The van der Waals surface area contributed by atoms with Gasteiger partial charge in [0.2, 0.25) is 0 Å². The SMILES string of the molecule is CCCC1(S(=O)(=O)O)C=CC(C)=CC1(C)C(=O)OCC. The maximum atomic E-state index is 12.3. The highest BCUT2D eigenvalue weighted by atomic mass is 32.2. The standard InChI is InChI=1S/C14H22O5S/c1-5-8-14(20(16,17)18)9-7-11(3)10-13(14,4)12(15)19-6-2/h7,9-10H,5-6,8H2,1-4H3,(H,16,17,18). The van der Waals surface area contributed by atoms with Gasteiger partial charge in [0.1, 0.15) is 10.2 Å². The second-order valence-corrected chi connectivity index (χ2v) is 6.94. The van der Waals surface area contributed by atoms with Gasteiger partial charge in [0.15, 0.2) is 0 Å². The van der Waals surface area contributed by atoms with Crippen molar-refractivity contribution in [3.05, 3.63) is 23.8 Å². The van der Waals surface area contributed by atoms with Gasteiger partial charge in [-0.1, -0.05) is 37.1 Å². The summed E-state index contributed by atoms with van der Waals surface area (Å²) in [6, 6.07) is 0. The van der Waals surface area contributed by atoms with Gasteiger partial charge in [-0.3, -0.25) is 9.35 Å². The molecular weight excluding hydrogens is 280 g/mol. The van der Waals surface area contributed by atoms with Gasteiger partial charge in [-0.25, -0.2) is 0 Å². The van der Waals surface area contributed by atoms with Crippen LogP contribution in [0.25, 0.3) is 0 Å². The molecule has 0 heterocycles.